The minimum atomic E-state index is -0.742. The molecule has 164 valence electrons. The van der Waals surface area contributed by atoms with E-state index in [4.69, 9.17) is 9.47 Å². The molecule has 0 spiro atoms. The van der Waals surface area contributed by atoms with Crippen molar-refractivity contribution in [1.82, 2.24) is 4.90 Å². The summed E-state index contributed by atoms with van der Waals surface area (Å²) >= 11 is 0. The quantitative estimate of drug-likeness (QED) is 0.716. The first-order chi connectivity index (χ1) is 15.1. The van der Waals surface area contributed by atoms with Crippen LogP contribution in [-0.4, -0.2) is 42.3 Å². The van der Waals surface area contributed by atoms with Gasteiger partial charge in [-0.1, -0.05) is 43.2 Å². The molecule has 2 aromatic rings. The van der Waals surface area contributed by atoms with E-state index in [0.717, 1.165) is 36.8 Å². The average Bonchev–Trinajstić information content (AvgIpc) is 2.81. The van der Waals surface area contributed by atoms with Crippen molar-refractivity contribution in [3.63, 3.8) is 0 Å². The molecule has 1 N–H and O–H groups in total. The highest BCUT2D eigenvalue weighted by Crippen LogP contribution is 2.51. The van der Waals surface area contributed by atoms with E-state index < -0.39 is 5.60 Å². The van der Waals surface area contributed by atoms with Crippen LogP contribution in [0.2, 0.25) is 0 Å². The zero-order valence-corrected chi connectivity index (χ0v) is 18.3. The number of carbonyl (C=O) groups excluding carboxylic acids is 1. The molecule has 2 fully saturated rings. The van der Waals surface area contributed by atoms with Crippen LogP contribution < -0.4 is 9.47 Å². The van der Waals surface area contributed by atoms with Crippen molar-refractivity contribution in [3.05, 3.63) is 65.7 Å². The van der Waals surface area contributed by atoms with Crippen LogP contribution in [0.15, 0.2) is 54.6 Å². The molecular weight excluding hydrogens is 390 g/mol. The fourth-order valence-corrected chi connectivity index (χ4v) is 5.20. The second kappa shape index (κ2) is 9.15. The van der Waals surface area contributed by atoms with E-state index in [-0.39, 0.29) is 17.9 Å². The van der Waals surface area contributed by atoms with E-state index in [1.54, 1.807) is 20.3 Å². The van der Waals surface area contributed by atoms with Gasteiger partial charge in [-0.25, -0.2) is 0 Å². The number of likely N-dealkylation sites (tertiary alicyclic amines) is 1. The molecule has 0 unspecified atom stereocenters. The van der Waals surface area contributed by atoms with Crippen molar-refractivity contribution in [1.29, 1.82) is 0 Å². The third-order valence-corrected chi connectivity index (χ3v) is 6.83. The van der Waals surface area contributed by atoms with Gasteiger partial charge in [-0.3, -0.25) is 4.79 Å². The molecule has 31 heavy (non-hydrogen) atoms. The Morgan fingerprint density at radius 1 is 1.10 bits per heavy atom. The molecule has 2 aliphatic rings. The predicted molar refractivity (Wildman–Crippen MR) is 121 cm³/mol. The molecule has 1 heterocycles. The van der Waals surface area contributed by atoms with Crippen LogP contribution >= 0.6 is 0 Å². The Hall–Kier alpha value is -2.79. The number of benzene rings is 2. The second-order valence-corrected chi connectivity index (χ2v) is 8.53. The summed E-state index contributed by atoms with van der Waals surface area (Å²) in [5.41, 5.74) is 1.17. The van der Waals surface area contributed by atoms with E-state index in [1.165, 1.54) is 0 Å². The Balaban J connectivity index is 1.72. The average molecular weight is 422 g/mol. The van der Waals surface area contributed by atoms with Gasteiger partial charge in [-0.2, -0.15) is 0 Å². The van der Waals surface area contributed by atoms with Crippen LogP contribution in [-0.2, 0) is 4.79 Å². The third kappa shape index (κ3) is 4.33. The number of methoxy groups -OCH3 is 2. The Labute approximate surface area is 184 Å². The van der Waals surface area contributed by atoms with E-state index in [1.807, 2.05) is 59.5 Å². The standard InChI is InChI=1S/C26H31NO4/c1-30-20-12-13-21(23(18-20)31-2)25-22-10-6-7-15-26(22,29)16-17-27(25)24(28)14-11-19-8-4-3-5-9-19/h3-5,8-9,11-14,18,22,25,29H,6-7,10,15-17H2,1-2H3/b14-11+/t22-,25-,26+/m0/s1. The van der Waals surface area contributed by atoms with Crippen LogP contribution in [0.5, 0.6) is 11.5 Å². The van der Waals surface area contributed by atoms with E-state index in [9.17, 15) is 9.90 Å². The van der Waals surface area contributed by atoms with Gasteiger partial charge in [-0.15, -0.1) is 0 Å². The SMILES string of the molecule is COc1ccc([C@H]2[C@@H]3CCCC[C@@]3(O)CCN2C(=O)/C=C/c2ccccc2)c(OC)c1. The maximum atomic E-state index is 13.3. The minimum Gasteiger partial charge on any atom is -0.497 e. The lowest BCUT2D eigenvalue weighted by atomic mass is 9.66. The molecule has 5 heteroatoms. The number of nitrogens with zero attached hydrogens (tertiary/aromatic N) is 1. The van der Waals surface area contributed by atoms with Crippen LogP contribution in [0.1, 0.15) is 49.3 Å². The first-order valence-corrected chi connectivity index (χ1v) is 11.0. The number of ether oxygens (including phenoxy) is 2. The van der Waals surface area contributed by atoms with Crippen molar-refractivity contribution in [2.24, 2.45) is 5.92 Å². The first-order valence-electron chi connectivity index (χ1n) is 11.0. The summed E-state index contributed by atoms with van der Waals surface area (Å²) in [7, 11) is 3.26. The zero-order valence-electron chi connectivity index (χ0n) is 18.3. The summed E-state index contributed by atoms with van der Waals surface area (Å²) in [6, 6.07) is 15.3. The van der Waals surface area contributed by atoms with Gasteiger partial charge in [0.05, 0.1) is 25.9 Å². The monoisotopic (exact) mass is 421 g/mol. The Morgan fingerprint density at radius 3 is 2.65 bits per heavy atom. The normalized spacial score (nSPS) is 25.8. The van der Waals surface area contributed by atoms with Gasteiger partial charge in [0.25, 0.3) is 0 Å². The summed E-state index contributed by atoms with van der Waals surface area (Å²) in [5.74, 6) is 1.33. The molecule has 1 aliphatic carbocycles. The fraction of sp³-hybridized carbons (Fsp3) is 0.423. The molecule has 3 atom stereocenters. The van der Waals surface area contributed by atoms with Gasteiger partial charge in [0.2, 0.25) is 5.91 Å². The highest BCUT2D eigenvalue weighted by atomic mass is 16.5. The Morgan fingerprint density at radius 2 is 1.90 bits per heavy atom. The highest BCUT2D eigenvalue weighted by molar-refractivity contribution is 5.92. The number of carbonyl (C=O) groups is 1. The van der Waals surface area contributed by atoms with E-state index in [0.29, 0.717) is 24.5 Å². The first kappa shape index (κ1) is 21.4. The van der Waals surface area contributed by atoms with Crippen molar-refractivity contribution in [3.8, 4) is 11.5 Å². The maximum Gasteiger partial charge on any atom is 0.247 e. The molecule has 1 saturated carbocycles. The van der Waals surface area contributed by atoms with Crippen molar-refractivity contribution in [2.45, 2.75) is 43.7 Å². The molecule has 1 saturated heterocycles. The van der Waals surface area contributed by atoms with Crippen LogP contribution in [0.4, 0.5) is 0 Å². The number of fused-ring (bicyclic) bond motifs is 1. The molecular formula is C26H31NO4. The molecule has 2 aromatic carbocycles. The maximum absolute atomic E-state index is 13.3. The summed E-state index contributed by atoms with van der Waals surface area (Å²) in [6.07, 6.45) is 7.87. The third-order valence-electron chi connectivity index (χ3n) is 6.83. The lowest BCUT2D eigenvalue weighted by molar-refractivity contribution is -0.151. The molecule has 1 amide bonds. The largest absolute Gasteiger partial charge is 0.497 e. The van der Waals surface area contributed by atoms with Gasteiger partial charge >= 0.3 is 0 Å². The molecule has 1 aliphatic heterocycles. The van der Waals surface area contributed by atoms with Gasteiger partial charge in [0.15, 0.2) is 0 Å². The summed E-state index contributed by atoms with van der Waals surface area (Å²) in [5, 5.41) is 11.5. The van der Waals surface area contributed by atoms with Crippen molar-refractivity contribution < 1.29 is 19.4 Å². The zero-order chi connectivity index (χ0) is 21.8. The van der Waals surface area contributed by atoms with Gasteiger partial charge in [-0.05, 0) is 43.0 Å². The Bertz CT molecular complexity index is 942. The number of rotatable bonds is 5. The molecule has 0 radical (unpaired) electrons. The molecule has 0 aromatic heterocycles. The topological polar surface area (TPSA) is 59.0 Å². The number of hydrogen-bond acceptors (Lipinski definition) is 4. The minimum absolute atomic E-state index is 0.0219. The van der Waals surface area contributed by atoms with Gasteiger partial charge < -0.3 is 19.5 Å². The lowest BCUT2D eigenvalue weighted by Gasteiger charge is -2.52. The lowest BCUT2D eigenvalue weighted by Crippen LogP contribution is -2.56. The predicted octanol–water partition coefficient (Wildman–Crippen LogP) is 4.61. The van der Waals surface area contributed by atoms with E-state index >= 15 is 0 Å². The number of amides is 1. The van der Waals surface area contributed by atoms with Crippen molar-refractivity contribution >= 4 is 12.0 Å². The van der Waals surface area contributed by atoms with Gasteiger partial charge in [0.1, 0.15) is 11.5 Å². The number of aliphatic hydroxyl groups is 1. The molecule has 0 bridgehead atoms. The van der Waals surface area contributed by atoms with Crippen LogP contribution in [0.3, 0.4) is 0 Å². The Kier molecular flexibility index (Phi) is 6.33. The fourth-order valence-electron chi connectivity index (χ4n) is 5.20. The summed E-state index contributed by atoms with van der Waals surface area (Å²) in [4.78, 5) is 15.3. The van der Waals surface area contributed by atoms with Crippen LogP contribution in [0.25, 0.3) is 6.08 Å². The second-order valence-electron chi connectivity index (χ2n) is 8.53. The molecule has 4 rings (SSSR count). The number of hydrogen-bond donors (Lipinski definition) is 1. The summed E-state index contributed by atoms with van der Waals surface area (Å²) in [6.45, 7) is 0.519. The highest BCUT2D eigenvalue weighted by Gasteiger charge is 2.50. The van der Waals surface area contributed by atoms with Gasteiger partial charge in [0, 0.05) is 30.2 Å². The summed E-state index contributed by atoms with van der Waals surface area (Å²) < 4.78 is 11.1. The molecule has 5 nitrogen and oxygen atoms in total. The van der Waals surface area contributed by atoms with Crippen LogP contribution in [0, 0.1) is 5.92 Å². The smallest absolute Gasteiger partial charge is 0.247 e. The van der Waals surface area contributed by atoms with Crippen molar-refractivity contribution in [2.75, 3.05) is 20.8 Å². The van der Waals surface area contributed by atoms with E-state index in [2.05, 4.69) is 0 Å². The number of piperidine rings is 1.